The Labute approximate surface area is 99.1 Å². The number of anilines is 1. The maximum atomic E-state index is 11.5. The SMILES string of the molecule is C[C@H](N)C(=O)Nc1cccc2c(O)cccc12. The normalized spacial score (nSPS) is 12.4. The summed E-state index contributed by atoms with van der Waals surface area (Å²) < 4.78 is 0. The predicted octanol–water partition coefficient (Wildman–Crippen LogP) is 1.83. The molecule has 1 atom stereocenters. The molecular weight excluding hydrogens is 216 g/mol. The van der Waals surface area contributed by atoms with Crippen molar-refractivity contribution in [3.63, 3.8) is 0 Å². The number of hydrogen-bond donors (Lipinski definition) is 3. The van der Waals surface area contributed by atoms with Gasteiger partial charge in [0.1, 0.15) is 5.75 Å². The molecule has 4 N–H and O–H groups in total. The quantitative estimate of drug-likeness (QED) is 0.736. The average Bonchev–Trinajstić information content (AvgIpc) is 2.30. The van der Waals surface area contributed by atoms with Gasteiger partial charge in [-0.1, -0.05) is 24.3 Å². The van der Waals surface area contributed by atoms with Crippen LogP contribution in [0.15, 0.2) is 36.4 Å². The highest BCUT2D eigenvalue weighted by molar-refractivity contribution is 6.05. The summed E-state index contributed by atoms with van der Waals surface area (Å²) in [7, 11) is 0. The first-order chi connectivity index (χ1) is 8.09. The van der Waals surface area contributed by atoms with Crippen LogP contribution in [0.1, 0.15) is 6.92 Å². The fourth-order valence-electron chi connectivity index (χ4n) is 1.65. The van der Waals surface area contributed by atoms with Gasteiger partial charge < -0.3 is 16.2 Å². The Morgan fingerprint density at radius 3 is 2.59 bits per heavy atom. The summed E-state index contributed by atoms with van der Waals surface area (Å²) in [5.41, 5.74) is 6.15. The number of hydrogen-bond acceptors (Lipinski definition) is 3. The van der Waals surface area contributed by atoms with Crippen LogP contribution in [0.25, 0.3) is 10.8 Å². The van der Waals surface area contributed by atoms with E-state index in [0.29, 0.717) is 11.1 Å². The molecule has 0 unspecified atom stereocenters. The van der Waals surface area contributed by atoms with E-state index in [1.54, 1.807) is 37.3 Å². The maximum absolute atomic E-state index is 11.5. The average molecular weight is 230 g/mol. The number of nitrogens with two attached hydrogens (primary N) is 1. The fourth-order valence-corrected chi connectivity index (χ4v) is 1.65. The smallest absolute Gasteiger partial charge is 0.241 e. The van der Waals surface area contributed by atoms with E-state index in [9.17, 15) is 9.90 Å². The van der Waals surface area contributed by atoms with E-state index >= 15 is 0 Å². The minimum Gasteiger partial charge on any atom is -0.507 e. The van der Waals surface area contributed by atoms with Crippen LogP contribution in [-0.2, 0) is 4.79 Å². The maximum Gasteiger partial charge on any atom is 0.241 e. The molecule has 0 fully saturated rings. The minimum absolute atomic E-state index is 0.194. The van der Waals surface area contributed by atoms with Gasteiger partial charge in [0, 0.05) is 16.5 Å². The molecule has 0 radical (unpaired) electrons. The molecule has 0 heterocycles. The second-order valence-corrected chi connectivity index (χ2v) is 3.96. The van der Waals surface area contributed by atoms with E-state index in [2.05, 4.69) is 5.32 Å². The Morgan fingerprint density at radius 1 is 1.24 bits per heavy atom. The fraction of sp³-hybridized carbons (Fsp3) is 0.154. The second kappa shape index (κ2) is 4.43. The van der Waals surface area contributed by atoms with Gasteiger partial charge in [0.25, 0.3) is 0 Å². The lowest BCUT2D eigenvalue weighted by Gasteiger charge is -2.11. The van der Waals surface area contributed by atoms with Gasteiger partial charge in [0.05, 0.1) is 6.04 Å². The molecule has 2 aromatic carbocycles. The van der Waals surface area contributed by atoms with E-state index in [-0.39, 0.29) is 11.7 Å². The van der Waals surface area contributed by atoms with Gasteiger partial charge in [-0.05, 0) is 19.1 Å². The third-order valence-electron chi connectivity index (χ3n) is 2.57. The van der Waals surface area contributed by atoms with Crippen LogP contribution in [0.2, 0.25) is 0 Å². The highest BCUT2D eigenvalue weighted by Crippen LogP contribution is 2.29. The van der Waals surface area contributed by atoms with Gasteiger partial charge in [-0.25, -0.2) is 0 Å². The van der Waals surface area contributed by atoms with Gasteiger partial charge in [0.15, 0.2) is 0 Å². The van der Waals surface area contributed by atoms with Crippen molar-refractivity contribution in [2.75, 3.05) is 5.32 Å². The van der Waals surface area contributed by atoms with Crippen molar-refractivity contribution in [1.29, 1.82) is 0 Å². The lowest BCUT2D eigenvalue weighted by atomic mass is 10.1. The summed E-state index contributed by atoms with van der Waals surface area (Å²) in [6, 6.07) is 9.97. The monoisotopic (exact) mass is 230 g/mol. The molecule has 0 aliphatic carbocycles. The minimum atomic E-state index is -0.567. The van der Waals surface area contributed by atoms with Crippen molar-refractivity contribution in [3.8, 4) is 5.75 Å². The van der Waals surface area contributed by atoms with E-state index in [0.717, 1.165) is 5.39 Å². The topological polar surface area (TPSA) is 75.4 Å². The molecular formula is C13H14N2O2. The summed E-state index contributed by atoms with van der Waals surface area (Å²) in [6.07, 6.45) is 0. The molecule has 88 valence electrons. The first-order valence-corrected chi connectivity index (χ1v) is 5.37. The highest BCUT2D eigenvalue weighted by atomic mass is 16.3. The molecule has 0 aliphatic rings. The Hall–Kier alpha value is -2.07. The molecule has 17 heavy (non-hydrogen) atoms. The molecule has 4 heteroatoms. The van der Waals surface area contributed by atoms with Gasteiger partial charge in [-0.2, -0.15) is 0 Å². The van der Waals surface area contributed by atoms with Gasteiger partial charge in [-0.15, -0.1) is 0 Å². The Balaban J connectivity index is 2.48. The molecule has 2 rings (SSSR count). The number of carbonyl (C=O) groups excluding carboxylic acids is 1. The van der Waals surface area contributed by atoms with Crippen LogP contribution in [0.3, 0.4) is 0 Å². The summed E-state index contributed by atoms with van der Waals surface area (Å²) in [4.78, 5) is 11.5. The number of phenols is 1. The zero-order valence-corrected chi connectivity index (χ0v) is 9.47. The van der Waals surface area contributed by atoms with Crippen molar-refractivity contribution >= 4 is 22.4 Å². The zero-order chi connectivity index (χ0) is 12.4. The molecule has 1 amide bonds. The molecule has 0 spiro atoms. The summed E-state index contributed by atoms with van der Waals surface area (Å²) >= 11 is 0. The summed E-state index contributed by atoms with van der Waals surface area (Å²) in [5.74, 6) is -0.0553. The molecule has 0 saturated carbocycles. The third-order valence-corrected chi connectivity index (χ3v) is 2.57. The van der Waals surface area contributed by atoms with Crippen molar-refractivity contribution in [3.05, 3.63) is 36.4 Å². The van der Waals surface area contributed by atoms with Crippen molar-refractivity contribution in [2.24, 2.45) is 5.73 Å². The van der Waals surface area contributed by atoms with Gasteiger partial charge in [-0.3, -0.25) is 4.79 Å². The van der Waals surface area contributed by atoms with Gasteiger partial charge in [0.2, 0.25) is 5.91 Å². The number of carbonyl (C=O) groups is 1. The number of aromatic hydroxyl groups is 1. The molecule has 0 saturated heterocycles. The number of rotatable bonds is 2. The van der Waals surface area contributed by atoms with Crippen LogP contribution in [0.4, 0.5) is 5.69 Å². The molecule has 0 aromatic heterocycles. The van der Waals surface area contributed by atoms with Crippen molar-refractivity contribution < 1.29 is 9.90 Å². The van der Waals surface area contributed by atoms with Crippen molar-refractivity contribution in [1.82, 2.24) is 0 Å². The number of amides is 1. The predicted molar refractivity (Wildman–Crippen MR) is 67.9 cm³/mol. The Bertz CT molecular complexity index is 564. The molecule has 0 bridgehead atoms. The highest BCUT2D eigenvalue weighted by Gasteiger charge is 2.10. The Morgan fingerprint density at radius 2 is 1.88 bits per heavy atom. The number of fused-ring (bicyclic) bond motifs is 1. The number of phenolic OH excluding ortho intramolecular Hbond substituents is 1. The standard InChI is InChI=1S/C13H14N2O2/c1-8(14)13(17)15-11-6-2-5-10-9(11)4-3-7-12(10)16/h2-8,16H,14H2,1H3,(H,15,17)/t8-/m0/s1. The van der Waals surface area contributed by atoms with E-state index in [4.69, 9.17) is 5.73 Å². The number of nitrogens with one attached hydrogen (secondary N) is 1. The molecule has 0 aliphatic heterocycles. The van der Waals surface area contributed by atoms with Crippen LogP contribution in [-0.4, -0.2) is 17.1 Å². The molecule has 4 nitrogen and oxygen atoms in total. The van der Waals surface area contributed by atoms with E-state index < -0.39 is 6.04 Å². The second-order valence-electron chi connectivity index (χ2n) is 3.96. The molecule has 2 aromatic rings. The first-order valence-electron chi connectivity index (χ1n) is 5.37. The first kappa shape index (κ1) is 11.4. The lowest BCUT2D eigenvalue weighted by Crippen LogP contribution is -2.32. The van der Waals surface area contributed by atoms with E-state index in [1.165, 1.54) is 0 Å². The summed E-state index contributed by atoms with van der Waals surface area (Å²) in [6.45, 7) is 1.62. The van der Waals surface area contributed by atoms with Crippen molar-refractivity contribution in [2.45, 2.75) is 13.0 Å². The third kappa shape index (κ3) is 2.21. The summed E-state index contributed by atoms with van der Waals surface area (Å²) in [5, 5.41) is 13.9. The lowest BCUT2D eigenvalue weighted by molar-refractivity contribution is -0.117. The van der Waals surface area contributed by atoms with Crippen LogP contribution in [0, 0.1) is 0 Å². The largest absolute Gasteiger partial charge is 0.507 e. The van der Waals surface area contributed by atoms with Crippen LogP contribution in [0.5, 0.6) is 5.75 Å². The van der Waals surface area contributed by atoms with E-state index in [1.807, 2.05) is 6.07 Å². The van der Waals surface area contributed by atoms with Crippen LogP contribution >= 0.6 is 0 Å². The van der Waals surface area contributed by atoms with Gasteiger partial charge >= 0.3 is 0 Å². The number of benzene rings is 2. The van der Waals surface area contributed by atoms with Crippen LogP contribution < -0.4 is 11.1 Å². The Kier molecular flexibility index (Phi) is 2.97. The zero-order valence-electron chi connectivity index (χ0n) is 9.47.